The predicted molar refractivity (Wildman–Crippen MR) is 150 cm³/mol. The average molecular weight is 559 g/mol. The van der Waals surface area contributed by atoms with Crippen molar-refractivity contribution < 1.29 is 22.8 Å². The number of halogens is 3. The highest BCUT2D eigenvalue weighted by Crippen LogP contribution is 2.48. The second-order valence-electron chi connectivity index (χ2n) is 10.9. The maximum absolute atomic E-state index is 13.7. The highest BCUT2D eigenvalue weighted by molar-refractivity contribution is 6.07. The van der Waals surface area contributed by atoms with Crippen molar-refractivity contribution in [1.29, 1.82) is 0 Å². The molecule has 2 aromatic carbocycles. The van der Waals surface area contributed by atoms with Gasteiger partial charge in [0.1, 0.15) is 11.6 Å². The standard InChI is InChI=1S/C32H29F3N4O2/c1-39-31(41)28-24(18-32(39)13-5-14-32)37-29(27(28)20-6-3-2-4-7-20)21-12-15-36-26(16-21)38-30(40)23(17-25(34)35)19-8-10-22(33)11-9-19/h2-4,6-12,15-16,23,25,37H,5,13-14,17-18H2,1H3,(H,36,38,40). The molecule has 0 bridgehead atoms. The Morgan fingerprint density at radius 1 is 1.05 bits per heavy atom. The Morgan fingerprint density at radius 3 is 2.44 bits per heavy atom. The van der Waals surface area contributed by atoms with Crippen LogP contribution in [0.3, 0.4) is 0 Å². The molecular weight excluding hydrogens is 529 g/mol. The summed E-state index contributed by atoms with van der Waals surface area (Å²) in [5.41, 5.74) is 4.71. The van der Waals surface area contributed by atoms with E-state index in [2.05, 4.69) is 15.3 Å². The Bertz CT molecular complexity index is 1600. The van der Waals surface area contributed by atoms with Gasteiger partial charge in [-0.1, -0.05) is 42.5 Å². The number of carbonyl (C=O) groups is 2. The van der Waals surface area contributed by atoms with Crippen LogP contribution >= 0.6 is 0 Å². The number of fused-ring (bicyclic) bond motifs is 1. The monoisotopic (exact) mass is 558 g/mol. The van der Waals surface area contributed by atoms with Crippen LogP contribution in [-0.2, 0) is 11.2 Å². The number of anilines is 1. The van der Waals surface area contributed by atoms with Crippen LogP contribution < -0.4 is 5.32 Å². The fourth-order valence-electron chi connectivity index (χ4n) is 6.09. The molecule has 2 amide bonds. The van der Waals surface area contributed by atoms with Crippen LogP contribution in [0, 0.1) is 5.82 Å². The molecule has 9 heteroatoms. The number of likely N-dealkylation sites (N-methyl/N-ethyl adjacent to an activating group) is 1. The number of hydrogen-bond donors (Lipinski definition) is 2. The lowest BCUT2D eigenvalue weighted by molar-refractivity contribution is -0.118. The van der Waals surface area contributed by atoms with E-state index in [4.69, 9.17) is 0 Å². The van der Waals surface area contributed by atoms with Gasteiger partial charge < -0.3 is 15.2 Å². The molecule has 1 aliphatic carbocycles. The maximum Gasteiger partial charge on any atom is 0.256 e. The predicted octanol–water partition coefficient (Wildman–Crippen LogP) is 6.81. The van der Waals surface area contributed by atoms with Crippen molar-refractivity contribution in [2.24, 2.45) is 0 Å². The Hall–Kier alpha value is -4.40. The third kappa shape index (κ3) is 4.90. The van der Waals surface area contributed by atoms with E-state index in [-0.39, 0.29) is 22.8 Å². The first-order valence-corrected chi connectivity index (χ1v) is 13.6. The number of H-pyrrole nitrogens is 1. The number of aromatic nitrogens is 2. The molecule has 6 nitrogen and oxygen atoms in total. The molecule has 1 aliphatic heterocycles. The van der Waals surface area contributed by atoms with E-state index in [1.165, 1.54) is 18.3 Å². The van der Waals surface area contributed by atoms with Crippen LogP contribution in [0.25, 0.3) is 22.4 Å². The molecule has 1 spiro atoms. The second-order valence-corrected chi connectivity index (χ2v) is 10.9. The van der Waals surface area contributed by atoms with E-state index in [1.54, 1.807) is 12.1 Å². The summed E-state index contributed by atoms with van der Waals surface area (Å²) in [6, 6.07) is 18.1. The van der Waals surface area contributed by atoms with Crippen LogP contribution in [0.1, 0.15) is 53.2 Å². The summed E-state index contributed by atoms with van der Waals surface area (Å²) in [6.07, 6.45) is 1.82. The lowest BCUT2D eigenvalue weighted by atomic mass is 9.70. The first-order chi connectivity index (χ1) is 19.8. The van der Waals surface area contributed by atoms with Crippen molar-refractivity contribution in [2.75, 3.05) is 12.4 Å². The Morgan fingerprint density at radius 2 is 1.78 bits per heavy atom. The van der Waals surface area contributed by atoms with Crippen molar-refractivity contribution in [2.45, 2.75) is 50.0 Å². The van der Waals surface area contributed by atoms with Crippen LogP contribution in [0.15, 0.2) is 72.9 Å². The molecule has 0 radical (unpaired) electrons. The average Bonchev–Trinajstić information content (AvgIpc) is 3.33. The maximum atomic E-state index is 13.7. The number of nitrogens with zero attached hydrogens (tertiary/aromatic N) is 2. The lowest BCUT2D eigenvalue weighted by Gasteiger charge is -2.51. The van der Waals surface area contributed by atoms with Crippen LogP contribution in [0.5, 0.6) is 0 Å². The normalized spacial score (nSPS) is 16.4. The molecule has 1 unspecified atom stereocenters. The molecule has 1 saturated carbocycles. The van der Waals surface area contributed by atoms with Crippen molar-refractivity contribution in [3.63, 3.8) is 0 Å². The zero-order valence-electron chi connectivity index (χ0n) is 22.5. The van der Waals surface area contributed by atoms with Gasteiger partial charge in [0.2, 0.25) is 12.3 Å². The van der Waals surface area contributed by atoms with Gasteiger partial charge in [-0.3, -0.25) is 9.59 Å². The van der Waals surface area contributed by atoms with Crippen molar-refractivity contribution in [3.8, 4) is 22.4 Å². The number of carbonyl (C=O) groups excluding carboxylic acids is 2. The topological polar surface area (TPSA) is 78.1 Å². The highest BCUT2D eigenvalue weighted by atomic mass is 19.3. The van der Waals surface area contributed by atoms with Crippen LogP contribution in [-0.4, -0.2) is 45.7 Å². The molecule has 2 aromatic heterocycles. The quantitative estimate of drug-likeness (QED) is 0.262. The smallest absolute Gasteiger partial charge is 0.256 e. The van der Waals surface area contributed by atoms with Crippen molar-refractivity contribution in [3.05, 3.63) is 95.6 Å². The van der Waals surface area contributed by atoms with Gasteiger partial charge in [0, 0.05) is 48.4 Å². The molecule has 2 N–H and O–H groups in total. The van der Waals surface area contributed by atoms with E-state index in [1.807, 2.05) is 42.3 Å². The van der Waals surface area contributed by atoms with Gasteiger partial charge in [-0.2, -0.15) is 0 Å². The number of hydrogen-bond acceptors (Lipinski definition) is 3. The van der Waals surface area contributed by atoms with Crippen LogP contribution in [0.4, 0.5) is 19.0 Å². The van der Waals surface area contributed by atoms with Gasteiger partial charge >= 0.3 is 0 Å². The third-order valence-corrected chi connectivity index (χ3v) is 8.46. The SMILES string of the molecule is CN1C(=O)c2c([nH]c(-c3ccnc(NC(=O)C(CC(F)F)c4ccc(F)cc4)c3)c2-c2ccccc2)CC12CCC2. The molecule has 1 fully saturated rings. The minimum atomic E-state index is -2.73. The van der Waals surface area contributed by atoms with Crippen LogP contribution in [0.2, 0.25) is 0 Å². The van der Waals surface area contributed by atoms with Gasteiger partial charge in [0.25, 0.3) is 5.91 Å². The van der Waals surface area contributed by atoms with E-state index in [9.17, 15) is 22.8 Å². The number of nitrogens with one attached hydrogen (secondary N) is 2. The molecule has 210 valence electrons. The van der Waals surface area contributed by atoms with Crippen molar-refractivity contribution >= 4 is 17.6 Å². The molecule has 6 rings (SSSR count). The Balaban J connectivity index is 1.38. The van der Waals surface area contributed by atoms with Gasteiger partial charge in [-0.05, 0) is 54.7 Å². The molecule has 3 heterocycles. The molecule has 0 saturated heterocycles. The van der Waals surface area contributed by atoms with Gasteiger partial charge in [0.15, 0.2) is 0 Å². The molecule has 41 heavy (non-hydrogen) atoms. The summed E-state index contributed by atoms with van der Waals surface area (Å²) in [5.74, 6) is -2.22. The summed E-state index contributed by atoms with van der Waals surface area (Å²) in [6.45, 7) is 0. The number of aromatic amines is 1. The summed E-state index contributed by atoms with van der Waals surface area (Å²) in [5, 5.41) is 2.67. The summed E-state index contributed by atoms with van der Waals surface area (Å²) < 4.78 is 40.2. The zero-order valence-corrected chi connectivity index (χ0v) is 22.5. The highest BCUT2D eigenvalue weighted by Gasteiger charge is 2.49. The molecule has 1 atom stereocenters. The van der Waals surface area contributed by atoms with E-state index in [0.29, 0.717) is 11.1 Å². The first-order valence-electron chi connectivity index (χ1n) is 13.6. The molecule has 4 aromatic rings. The van der Waals surface area contributed by atoms with Gasteiger partial charge in [-0.25, -0.2) is 18.2 Å². The summed E-state index contributed by atoms with van der Waals surface area (Å²) in [4.78, 5) is 36.6. The minimum Gasteiger partial charge on any atom is -0.357 e. The van der Waals surface area contributed by atoms with Crippen molar-refractivity contribution in [1.82, 2.24) is 14.9 Å². The van der Waals surface area contributed by atoms with E-state index >= 15 is 0 Å². The Kier molecular flexibility index (Phi) is 6.89. The fraction of sp³-hybridized carbons (Fsp3) is 0.281. The van der Waals surface area contributed by atoms with Gasteiger partial charge in [0.05, 0.1) is 17.2 Å². The molecular formula is C32H29F3N4O2. The largest absolute Gasteiger partial charge is 0.357 e. The third-order valence-electron chi connectivity index (χ3n) is 8.46. The second kappa shape index (κ2) is 10.5. The first kappa shape index (κ1) is 26.8. The number of amides is 2. The Labute approximate surface area is 235 Å². The number of rotatable bonds is 7. The fourth-order valence-corrected chi connectivity index (χ4v) is 6.09. The lowest BCUT2D eigenvalue weighted by Crippen LogP contribution is -2.58. The summed E-state index contributed by atoms with van der Waals surface area (Å²) in [7, 11) is 1.88. The number of alkyl halides is 2. The van der Waals surface area contributed by atoms with Gasteiger partial charge in [-0.15, -0.1) is 0 Å². The summed E-state index contributed by atoms with van der Waals surface area (Å²) >= 11 is 0. The zero-order chi connectivity index (χ0) is 28.7. The number of pyridine rings is 1. The minimum absolute atomic E-state index is 0.0241. The van der Waals surface area contributed by atoms with E-state index in [0.717, 1.165) is 60.3 Å². The molecule has 2 aliphatic rings. The number of benzene rings is 2. The van der Waals surface area contributed by atoms with E-state index < -0.39 is 30.5 Å².